The third kappa shape index (κ3) is 3.53. The van der Waals surface area contributed by atoms with Crippen molar-refractivity contribution in [2.75, 3.05) is 26.9 Å². The van der Waals surface area contributed by atoms with Crippen molar-refractivity contribution in [2.24, 2.45) is 5.92 Å². The first-order valence-corrected chi connectivity index (χ1v) is 6.61. The smallest absolute Gasteiger partial charge is 0.252 e. The molecule has 110 valence electrons. The van der Waals surface area contributed by atoms with Gasteiger partial charge in [-0.05, 0) is 19.1 Å². The van der Waals surface area contributed by atoms with Crippen molar-refractivity contribution in [1.82, 2.24) is 10.3 Å². The van der Waals surface area contributed by atoms with Crippen LogP contribution < -0.4 is 5.32 Å². The molecule has 2 heterocycles. The maximum absolute atomic E-state index is 12.0. The van der Waals surface area contributed by atoms with Crippen LogP contribution in [0, 0.1) is 12.8 Å². The molecule has 0 bridgehead atoms. The molecule has 2 rings (SSSR count). The highest BCUT2D eigenvalue weighted by Crippen LogP contribution is 2.16. The predicted octanol–water partition coefficient (Wildman–Crippen LogP) is 0.142. The molecule has 6 heteroatoms. The fourth-order valence-electron chi connectivity index (χ4n) is 2.15. The van der Waals surface area contributed by atoms with E-state index in [1.165, 1.54) is 13.3 Å². The zero-order chi connectivity index (χ0) is 14.5. The van der Waals surface area contributed by atoms with Crippen LogP contribution in [0.3, 0.4) is 0 Å². The molecule has 1 aliphatic heterocycles. The number of aliphatic hydroxyl groups is 1. The van der Waals surface area contributed by atoms with Crippen LogP contribution in [0.1, 0.15) is 16.1 Å². The molecule has 0 aliphatic carbocycles. The summed E-state index contributed by atoms with van der Waals surface area (Å²) in [6.07, 6.45) is 0.563. The second kappa shape index (κ2) is 6.78. The Balaban J connectivity index is 1.88. The summed E-state index contributed by atoms with van der Waals surface area (Å²) in [5.74, 6) is -0.375. The van der Waals surface area contributed by atoms with Gasteiger partial charge in [0, 0.05) is 31.5 Å². The lowest BCUT2D eigenvalue weighted by molar-refractivity contribution is -0.132. The Bertz CT molecular complexity index is 449. The number of ether oxygens (including phenoxy) is 2. The van der Waals surface area contributed by atoms with Crippen LogP contribution in [0.4, 0.5) is 0 Å². The standard InChI is InChI=1S/C14H20N2O4/c1-9-3-4-10(5-15-9)14(18)16-6-11-7-20-8-12(19-2)13(11)17/h3-5,11-13,17H,6-8H2,1-2H3,(H,16,18)/t11-,12-,13+/m1/s1. The number of hydrogen-bond donors (Lipinski definition) is 2. The van der Waals surface area contributed by atoms with Gasteiger partial charge >= 0.3 is 0 Å². The van der Waals surface area contributed by atoms with E-state index in [0.29, 0.717) is 25.3 Å². The number of aryl methyl sites for hydroxylation is 1. The zero-order valence-electron chi connectivity index (χ0n) is 11.7. The number of pyridine rings is 1. The van der Waals surface area contributed by atoms with Gasteiger partial charge in [0.25, 0.3) is 5.91 Å². The highest BCUT2D eigenvalue weighted by molar-refractivity contribution is 5.93. The second-order valence-electron chi connectivity index (χ2n) is 4.96. The van der Waals surface area contributed by atoms with Crippen molar-refractivity contribution in [2.45, 2.75) is 19.1 Å². The third-order valence-corrected chi connectivity index (χ3v) is 3.48. The van der Waals surface area contributed by atoms with Gasteiger partial charge in [-0.3, -0.25) is 9.78 Å². The topological polar surface area (TPSA) is 80.7 Å². The number of aliphatic hydroxyl groups excluding tert-OH is 1. The van der Waals surface area contributed by atoms with Crippen LogP contribution in [-0.4, -0.2) is 55.1 Å². The number of methoxy groups -OCH3 is 1. The summed E-state index contributed by atoms with van der Waals surface area (Å²) in [6, 6.07) is 3.51. The van der Waals surface area contributed by atoms with Gasteiger partial charge in [-0.25, -0.2) is 0 Å². The van der Waals surface area contributed by atoms with E-state index in [-0.39, 0.29) is 17.9 Å². The van der Waals surface area contributed by atoms with E-state index < -0.39 is 6.10 Å². The molecule has 3 atom stereocenters. The normalized spacial score (nSPS) is 26.2. The summed E-state index contributed by atoms with van der Waals surface area (Å²) in [5, 5.41) is 12.9. The molecule has 0 unspecified atom stereocenters. The Morgan fingerprint density at radius 1 is 1.55 bits per heavy atom. The third-order valence-electron chi connectivity index (χ3n) is 3.48. The Labute approximate surface area is 118 Å². The molecular weight excluding hydrogens is 260 g/mol. The highest BCUT2D eigenvalue weighted by Gasteiger charge is 2.32. The summed E-state index contributed by atoms with van der Waals surface area (Å²) >= 11 is 0. The summed E-state index contributed by atoms with van der Waals surface area (Å²) in [7, 11) is 1.54. The second-order valence-corrected chi connectivity index (χ2v) is 4.96. The predicted molar refractivity (Wildman–Crippen MR) is 72.4 cm³/mol. The largest absolute Gasteiger partial charge is 0.390 e. The highest BCUT2D eigenvalue weighted by atomic mass is 16.5. The van der Waals surface area contributed by atoms with E-state index in [1.54, 1.807) is 12.1 Å². The molecule has 1 aliphatic rings. The number of nitrogens with one attached hydrogen (secondary N) is 1. The van der Waals surface area contributed by atoms with E-state index >= 15 is 0 Å². The van der Waals surface area contributed by atoms with Crippen molar-refractivity contribution in [1.29, 1.82) is 0 Å². The molecule has 20 heavy (non-hydrogen) atoms. The van der Waals surface area contributed by atoms with Crippen LogP contribution in [-0.2, 0) is 9.47 Å². The van der Waals surface area contributed by atoms with E-state index in [2.05, 4.69) is 10.3 Å². The van der Waals surface area contributed by atoms with E-state index in [9.17, 15) is 9.90 Å². The van der Waals surface area contributed by atoms with Crippen LogP contribution in [0.5, 0.6) is 0 Å². The van der Waals surface area contributed by atoms with E-state index in [0.717, 1.165) is 5.69 Å². The van der Waals surface area contributed by atoms with E-state index in [1.807, 2.05) is 6.92 Å². The Morgan fingerprint density at radius 2 is 2.35 bits per heavy atom. The molecule has 1 saturated heterocycles. The first kappa shape index (κ1) is 14.9. The van der Waals surface area contributed by atoms with Crippen LogP contribution in [0.25, 0.3) is 0 Å². The van der Waals surface area contributed by atoms with Gasteiger partial charge in [0.2, 0.25) is 0 Å². The van der Waals surface area contributed by atoms with Crippen molar-refractivity contribution < 1.29 is 19.4 Å². The number of carbonyl (C=O) groups excluding carboxylic acids is 1. The Kier molecular flexibility index (Phi) is 5.05. The van der Waals surface area contributed by atoms with Crippen molar-refractivity contribution in [3.8, 4) is 0 Å². The number of nitrogens with zero attached hydrogens (tertiary/aromatic N) is 1. The minimum absolute atomic E-state index is 0.170. The average molecular weight is 280 g/mol. The molecule has 0 aromatic carbocycles. The van der Waals surface area contributed by atoms with Gasteiger partial charge in [0.1, 0.15) is 6.10 Å². The van der Waals surface area contributed by atoms with Gasteiger partial charge in [0.05, 0.1) is 24.9 Å². The summed E-state index contributed by atoms with van der Waals surface area (Å²) < 4.78 is 10.5. The first-order valence-electron chi connectivity index (χ1n) is 6.61. The minimum Gasteiger partial charge on any atom is -0.390 e. The lowest BCUT2D eigenvalue weighted by atomic mass is 9.96. The van der Waals surface area contributed by atoms with Gasteiger partial charge < -0.3 is 19.9 Å². The summed E-state index contributed by atoms with van der Waals surface area (Å²) in [6.45, 7) is 2.99. The lowest BCUT2D eigenvalue weighted by Crippen LogP contribution is -2.49. The number of amides is 1. The monoisotopic (exact) mass is 280 g/mol. The van der Waals surface area contributed by atoms with Crippen molar-refractivity contribution >= 4 is 5.91 Å². The van der Waals surface area contributed by atoms with E-state index in [4.69, 9.17) is 9.47 Å². The Hall–Kier alpha value is -1.50. The fraction of sp³-hybridized carbons (Fsp3) is 0.571. The quantitative estimate of drug-likeness (QED) is 0.820. The van der Waals surface area contributed by atoms with Crippen molar-refractivity contribution in [3.05, 3.63) is 29.6 Å². The molecule has 1 amide bonds. The number of rotatable bonds is 4. The summed E-state index contributed by atoms with van der Waals surface area (Å²) in [4.78, 5) is 16.0. The van der Waals surface area contributed by atoms with Crippen LogP contribution in [0.2, 0.25) is 0 Å². The molecule has 1 aromatic heterocycles. The molecule has 0 radical (unpaired) electrons. The molecule has 0 saturated carbocycles. The van der Waals surface area contributed by atoms with Gasteiger partial charge in [0.15, 0.2) is 0 Å². The summed E-state index contributed by atoms with van der Waals surface area (Å²) in [5.41, 5.74) is 1.37. The molecule has 2 N–H and O–H groups in total. The maximum atomic E-state index is 12.0. The zero-order valence-corrected chi connectivity index (χ0v) is 11.7. The number of carbonyl (C=O) groups is 1. The van der Waals surface area contributed by atoms with Crippen molar-refractivity contribution in [3.63, 3.8) is 0 Å². The molecule has 6 nitrogen and oxygen atoms in total. The van der Waals surface area contributed by atoms with Crippen LogP contribution in [0.15, 0.2) is 18.3 Å². The van der Waals surface area contributed by atoms with Crippen LogP contribution >= 0.6 is 0 Å². The number of aromatic nitrogens is 1. The lowest BCUT2D eigenvalue weighted by Gasteiger charge is -2.33. The maximum Gasteiger partial charge on any atom is 0.252 e. The number of hydrogen-bond acceptors (Lipinski definition) is 5. The SMILES string of the molecule is CO[C@@H]1COC[C@@H](CNC(=O)c2ccc(C)nc2)[C@@H]1O. The molecule has 1 aromatic rings. The minimum atomic E-state index is -0.634. The first-order chi connectivity index (χ1) is 9.61. The van der Waals surface area contributed by atoms with Gasteiger partial charge in [-0.15, -0.1) is 0 Å². The fourth-order valence-corrected chi connectivity index (χ4v) is 2.15. The molecular formula is C14H20N2O4. The van der Waals surface area contributed by atoms with Gasteiger partial charge in [-0.2, -0.15) is 0 Å². The molecule has 0 spiro atoms. The van der Waals surface area contributed by atoms with Gasteiger partial charge in [-0.1, -0.05) is 0 Å². The Morgan fingerprint density at radius 3 is 3.00 bits per heavy atom. The molecule has 1 fully saturated rings. The average Bonchev–Trinajstić information content (AvgIpc) is 2.46.